The van der Waals surface area contributed by atoms with Crippen molar-refractivity contribution in [2.45, 2.75) is 13.3 Å². The van der Waals surface area contributed by atoms with Crippen LogP contribution in [0.25, 0.3) is 0 Å². The van der Waals surface area contributed by atoms with Crippen LogP contribution in [0.5, 0.6) is 0 Å². The first kappa shape index (κ1) is 8.72. The van der Waals surface area contributed by atoms with Crippen molar-refractivity contribution in [3.8, 4) is 0 Å². The minimum atomic E-state index is 0.730. The van der Waals surface area contributed by atoms with Crippen molar-refractivity contribution in [2.75, 3.05) is 0 Å². The summed E-state index contributed by atoms with van der Waals surface area (Å²) in [5.74, 6) is 0. The van der Waals surface area contributed by atoms with E-state index >= 15 is 0 Å². The van der Waals surface area contributed by atoms with Crippen molar-refractivity contribution in [1.82, 2.24) is 0 Å². The van der Waals surface area contributed by atoms with E-state index in [1.807, 2.05) is 25.1 Å². The van der Waals surface area contributed by atoms with Gasteiger partial charge in [-0.3, -0.25) is 4.79 Å². The second kappa shape index (κ2) is 3.86. The molecule has 1 rings (SSSR count). The first-order valence-corrected chi connectivity index (χ1v) is 3.91. The van der Waals surface area contributed by atoms with Gasteiger partial charge in [0.1, 0.15) is 6.29 Å². The standard InChI is InChI=1S/C11H12O/c1-9(2)6-10-4-3-5-11(7-10)8-12/h3-5,7-8H,1,6H2,2H3. The number of allylic oxidation sites excluding steroid dienone is 1. The third-order valence-corrected chi connectivity index (χ3v) is 1.59. The Morgan fingerprint density at radius 3 is 2.92 bits per heavy atom. The number of benzene rings is 1. The Bertz CT molecular complexity index is 300. The zero-order chi connectivity index (χ0) is 8.97. The van der Waals surface area contributed by atoms with Crippen molar-refractivity contribution >= 4 is 6.29 Å². The maximum absolute atomic E-state index is 10.4. The van der Waals surface area contributed by atoms with E-state index in [9.17, 15) is 4.79 Å². The van der Waals surface area contributed by atoms with Gasteiger partial charge in [0.25, 0.3) is 0 Å². The number of hydrogen-bond donors (Lipinski definition) is 0. The molecule has 0 saturated heterocycles. The van der Waals surface area contributed by atoms with Crippen molar-refractivity contribution in [3.05, 3.63) is 47.5 Å². The molecule has 1 aromatic carbocycles. The summed E-state index contributed by atoms with van der Waals surface area (Å²) < 4.78 is 0. The van der Waals surface area contributed by atoms with Gasteiger partial charge in [0.05, 0.1) is 0 Å². The van der Waals surface area contributed by atoms with Crippen LogP contribution >= 0.6 is 0 Å². The maximum atomic E-state index is 10.4. The van der Waals surface area contributed by atoms with E-state index in [2.05, 4.69) is 6.58 Å². The molecular weight excluding hydrogens is 148 g/mol. The summed E-state index contributed by atoms with van der Waals surface area (Å²) in [6.45, 7) is 5.80. The average Bonchev–Trinajstić information content (AvgIpc) is 2.03. The molecule has 0 radical (unpaired) electrons. The van der Waals surface area contributed by atoms with Gasteiger partial charge in [-0.2, -0.15) is 0 Å². The monoisotopic (exact) mass is 160 g/mol. The zero-order valence-corrected chi connectivity index (χ0v) is 7.21. The molecule has 0 amide bonds. The highest BCUT2D eigenvalue weighted by Gasteiger charge is 1.94. The van der Waals surface area contributed by atoms with Crippen molar-refractivity contribution in [1.29, 1.82) is 0 Å². The quantitative estimate of drug-likeness (QED) is 0.490. The molecule has 0 heterocycles. The molecule has 0 spiro atoms. The van der Waals surface area contributed by atoms with E-state index in [1.165, 1.54) is 0 Å². The van der Waals surface area contributed by atoms with Gasteiger partial charge in [0, 0.05) is 5.56 Å². The second-order valence-corrected chi connectivity index (χ2v) is 3.00. The first-order valence-electron chi connectivity index (χ1n) is 3.91. The summed E-state index contributed by atoms with van der Waals surface area (Å²) in [4.78, 5) is 10.4. The molecule has 0 aliphatic rings. The largest absolute Gasteiger partial charge is 0.298 e. The SMILES string of the molecule is C=C(C)Cc1cccc(C=O)c1. The Morgan fingerprint density at radius 1 is 1.58 bits per heavy atom. The lowest BCUT2D eigenvalue weighted by atomic mass is 10.1. The summed E-state index contributed by atoms with van der Waals surface area (Å²) in [5.41, 5.74) is 2.99. The lowest BCUT2D eigenvalue weighted by Gasteiger charge is -2.00. The molecule has 1 nitrogen and oxygen atoms in total. The predicted molar refractivity (Wildman–Crippen MR) is 50.3 cm³/mol. The topological polar surface area (TPSA) is 17.1 Å². The molecular formula is C11H12O. The fraction of sp³-hybridized carbons (Fsp3) is 0.182. The Labute approximate surface area is 72.7 Å². The third kappa shape index (κ3) is 2.35. The normalized spacial score (nSPS) is 9.42. The Morgan fingerprint density at radius 2 is 2.33 bits per heavy atom. The summed E-state index contributed by atoms with van der Waals surface area (Å²) in [5, 5.41) is 0. The predicted octanol–water partition coefficient (Wildman–Crippen LogP) is 2.62. The van der Waals surface area contributed by atoms with E-state index in [1.54, 1.807) is 6.07 Å². The van der Waals surface area contributed by atoms with Crippen LogP contribution in [0.1, 0.15) is 22.8 Å². The molecule has 1 heteroatoms. The summed E-state index contributed by atoms with van der Waals surface area (Å²) in [6.07, 6.45) is 1.71. The Hall–Kier alpha value is -1.37. The summed E-state index contributed by atoms with van der Waals surface area (Å²) in [7, 11) is 0. The van der Waals surface area contributed by atoms with Crippen LogP contribution in [0.15, 0.2) is 36.4 Å². The molecule has 0 saturated carbocycles. The van der Waals surface area contributed by atoms with Crippen LogP contribution in [0.2, 0.25) is 0 Å². The van der Waals surface area contributed by atoms with E-state index in [0.29, 0.717) is 0 Å². The van der Waals surface area contributed by atoms with Gasteiger partial charge >= 0.3 is 0 Å². The number of carbonyl (C=O) groups excluding carboxylic acids is 1. The lowest BCUT2D eigenvalue weighted by Crippen LogP contribution is -1.87. The van der Waals surface area contributed by atoms with Crippen LogP contribution in [0.4, 0.5) is 0 Å². The number of aldehydes is 1. The molecule has 62 valence electrons. The molecule has 0 unspecified atom stereocenters. The molecule has 0 aliphatic heterocycles. The Balaban J connectivity index is 2.86. The summed E-state index contributed by atoms with van der Waals surface area (Å²) in [6, 6.07) is 7.58. The van der Waals surface area contributed by atoms with Crippen LogP contribution < -0.4 is 0 Å². The fourth-order valence-corrected chi connectivity index (χ4v) is 1.12. The minimum absolute atomic E-state index is 0.730. The number of hydrogen-bond acceptors (Lipinski definition) is 1. The first-order chi connectivity index (χ1) is 5.72. The van der Waals surface area contributed by atoms with E-state index in [-0.39, 0.29) is 0 Å². The van der Waals surface area contributed by atoms with Crippen LogP contribution in [-0.4, -0.2) is 6.29 Å². The summed E-state index contributed by atoms with van der Waals surface area (Å²) >= 11 is 0. The van der Waals surface area contributed by atoms with Gasteiger partial charge in [-0.1, -0.05) is 30.4 Å². The van der Waals surface area contributed by atoms with Crippen LogP contribution in [0, 0.1) is 0 Å². The molecule has 0 bridgehead atoms. The minimum Gasteiger partial charge on any atom is -0.298 e. The zero-order valence-electron chi connectivity index (χ0n) is 7.21. The second-order valence-electron chi connectivity index (χ2n) is 3.00. The van der Waals surface area contributed by atoms with E-state index in [0.717, 1.165) is 29.4 Å². The highest BCUT2D eigenvalue weighted by molar-refractivity contribution is 5.74. The molecule has 0 aromatic heterocycles. The fourth-order valence-electron chi connectivity index (χ4n) is 1.12. The van der Waals surface area contributed by atoms with Crippen molar-refractivity contribution in [2.24, 2.45) is 0 Å². The Kier molecular flexibility index (Phi) is 2.81. The van der Waals surface area contributed by atoms with Gasteiger partial charge in [-0.25, -0.2) is 0 Å². The molecule has 0 N–H and O–H groups in total. The smallest absolute Gasteiger partial charge is 0.150 e. The molecule has 0 fully saturated rings. The highest BCUT2D eigenvalue weighted by Crippen LogP contribution is 2.07. The van der Waals surface area contributed by atoms with Crippen LogP contribution in [0.3, 0.4) is 0 Å². The average molecular weight is 160 g/mol. The van der Waals surface area contributed by atoms with Gasteiger partial charge < -0.3 is 0 Å². The number of carbonyl (C=O) groups is 1. The van der Waals surface area contributed by atoms with E-state index in [4.69, 9.17) is 0 Å². The van der Waals surface area contributed by atoms with Gasteiger partial charge in [-0.15, -0.1) is 0 Å². The number of rotatable bonds is 3. The molecule has 0 atom stereocenters. The van der Waals surface area contributed by atoms with Gasteiger partial charge in [-0.05, 0) is 25.0 Å². The molecule has 0 aliphatic carbocycles. The highest BCUT2D eigenvalue weighted by atomic mass is 16.1. The molecule has 1 aromatic rings. The van der Waals surface area contributed by atoms with E-state index < -0.39 is 0 Å². The molecule has 12 heavy (non-hydrogen) atoms. The van der Waals surface area contributed by atoms with Crippen molar-refractivity contribution < 1.29 is 4.79 Å². The van der Waals surface area contributed by atoms with Crippen molar-refractivity contribution in [3.63, 3.8) is 0 Å². The lowest BCUT2D eigenvalue weighted by molar-refractivity contribution is 0.112. The van der Waals surface area contributed by atoms with Gasteiger partial charge in [0.15, 0.2) is 0 Å². The van der Waals surface area contributed by atoms with Gasteiger partial charge in [0.2, 0.25) is 0 Å². The third-order valence-electron chi connectivity index (χ3n) is 1.59. The van der Waals surface area contributed by atoms with Crippen LogP contribution in [-0.2, 0) is 6.42 Å². The maximum Gasteiger partial charge on any atom is 0.150 e.